The van der Waals surface area contributed by atoms with Gasteiger partial charge >= 0.3 is 0 Å². The molecule has 1 amide bonds. The largest absolute Gasteiger partial charge is 0.397 e. The lowest BCUT2D eigenvalue weighted by molar-refractivity contribution is 0.0935. The summed E-state index contributed by atoms with van der Waals surface area (Å²) in [7, 11) is 0. The van der Waals surface area contributed by atoms with Crippen molar-refractivity contribution in [3.05, 3.63) is 32.1 Å². The van der Waals surface area contributed by atoms with Gasteiger partial charge in [-0.1, -0.05) is 23.2 Å². The number of halogens is 2. The topological polar surface area (TPSA) is 110 Å². The molecule has 0 aliphatic carbocycles. The number of thiophene rings is 1. The highest BCUT2D eigenvalue weighted by atomic mass is 35.5. The van der Waals surface area contributed by atoms with Crippen LogP contribution in [-0.4, -0.2) is 45.2 Å². The molecular weight excluding hydrogens is 421 g/mol. The van der Waals surface area contributed by atoms with Crippen LogP contribution in [0.4, 0.5) is 11.5 Å². The summed E-state index contributed by atoms with van der Waals surface area (Å²) in [6.45, 7) is 6.76. The van der Waals surface area contributed by atoms with Gasteiger partial charge in [0.15, 0.2) is 5.15 Å². The van der Waals surface area contributed by atoms with E-state index < -0.39 is 0 Å². The van der Waals surface area contributed by atoms with E-state index in [1.54, 1.807) is 6.92 Å². The van der Waals surface area contributed by atoms with E-state index in [1.165, 1.54) is 11.3 Å². The van der Waals surface area contributed by atoms with E-state index in [4.69, 9.17) is 28.9 Å². The Bertz CT molecular complexity index is 1110. The Hall–Kier alpha value is -2.23. The van der Waals surface area contributed by atoms with E-state index in [2.05, 4.69) is 30.4 Å². The number of rotatable bonds is 3. The normalized spacial score (nSPS) is 14.4. The van der Waals surface area contributed by atoms with Gasteiger partial charge < -0.3 is 16.0 Å². The molecule has 0 radical (unpaired) electrons. The molecule has 0 spiro atoms. The summed E-state index contributed by atoms with van der Waals surface area (Å²) >= 11 is 13.4. The number of carbonyl (C=O) groups excluding carboxylic acids is 1. The van der Waals surface area contributed by atoms with Gasteiger partial charge in [-0.05, 0) is 20.8 Å². The summed E-state index contributed by atoms with van der Waals surface area (Å²) in [6, 6.07) is -0.0127. The molecule has 0 bridgehead atoms. The summed E-state index contributed by atoms with van der Waals surface area (Å²) in [4.78, 5) is 24.4. The van der Waals surface area contributed by atoms with E-state index in [0.29, 0.717) is 44.8 Å². The number of nitrogens with two attached hydrogens (primary N) is 1. The quantitative estimate of drug-likeness (QED) is 0.605. The van der Waals surface area contributed by atoms with Crippen molar-refractivity contribution in [3.8, 4) is 0 Å². The van der Waals surface area contributed by atoms with Crippen LogP contribution in [0.5, 0.6) is 0 Å². The molecule has 0 saturated carbocycles. The molecule has 1 aliphatic rings. The van der Waals surface area contributed by atoms with Crippen molar-refractivity contribution in [1.29, 1.82) is 0 Å². The first-order chi connectivity index (χ1) is 13.3. The second-order valence-corrected chi connectivity index (χ2v) is 8.44. The third-order valence-corrected chi connectivity index (χ3v) is 6.55. The zero-order chi connectivity index (χ0) is 20.2. The molecule has 0 aromatic carbocycles. The molecule has 1 aliphatic heterocycles. The van der Waals surface area contributed by atoms with E-state index in [-0.39, 0.29) is 17.1 Å². The van der Waals surface area contributed by atoms with Gasteiger partial charge in [0, 0.05) is 29.6 Å². The SMILES string of the molecule is Cc1nc(Cl)c(C)c(N2CC(NC(=O)c3sc4nnc(Cl)c(C)c4c3N)C2)n1. The maximum atomic E-state index is 12.7. The standard InChI is InChI=1S/C17H17Cl2N7OS/c1-6-10-11(20)12(28-17(10)25-24-14(6)19)16(27)23-9-4-26(5-9)15-7(2)13(18)21-8(3)22-15/h9H,4-5,20H2,1-3H3,(H,23,27). The molecule has 3 aromatic rings. The van der Waals surface area contributed by atoms with Crippen molar-refractivity contribution in [2.24, 2.45) is 0 Å². The number of nitrogens with zero attached hydrogens (tertiary/aromatic N) is 5. The van der Waals surface area contributed by atoms with Crippen molar-refractivity contribution < 1.29 is 4.79 Å². The Morgan fingerprint density at radius 1 is 1.14 bits per heavy atom. The van der Waals surface area contributed by atoms with Gasteiger partial charge in [-0.15, -0.1) is 21.5 Å². The maximum Gasteiger partial charge on any atom is 0.263 e. The Morgan fingerprint density at radius 3 is 2.57 bits per heavy atom. The van der Waals surface area contributed by atoms with Crippen LogP contribution in [0.2, 0.25) is 10.3 Å². The van der Waals surface area contributed by atoms with Crippen LogP contribution in [0.25, 0.3) is 10.2 Å². The van der Waals surface area contributed by atoms with Crippen LogP contribution in [0.1, 0.15) is 26.6 Å². The lowest BCUT2D eigenvalue weighted by Crippen LogP contribution is -2.60. The molecule has 146 valence electrons. The Labute approximate surface area is 175 Å². The van der Waals surface area contributed by atoms with Gasteiger partial charge in [0.1, 0.15) is 26.5 Å². The first-order valence-corrected chi connectivity index (χ1v) is 10.1. The minimum atomic E-state index is -0.228. The van der Waals surface area contributed by atoms with Crippen LogP contribution >= 0.6 is 34.5 Å². The van der Waals surface area contributed by atoms with Gasteiger partial charge in [-0.25, -0.2) is 9.97 Å². The summed E-state index contributed by atoms with van der Waals surface area (Å²) in [5.41, 5.74) is 8.14. The van der Waals surface area contributed by atoms with Crippen molar-refractivity contribution in [2.75, 3.05) is 23.7 Å². The van der Waals surface area contributed by atoms with Crippen LogP contribution in [-0.2, 0) is 0 Å². The zero-order valence-electron chi connectivity index (χ0n) is 15.4. The van der Waals surface area contributed by atoms with Gasteiger partial charge in [-0.2, -0.15) is 0 Å². The molecule has 1 saturated heterocycles. The van der Waals surface area contributed by atoms with E-state index >= 15 is 0 Å². The van der Waals surface area contributed by atoms with Crippen LogP contribution in [0, 0.1) is 20.8 Å². The Balaban J connectivity index is 1.49. The van der Waals surface area contributed by atoms with E-state index in [1.807, 2.05) is 13.8 Å². The molecule has 4 heterocycles. The highest BCUT2D eigenvalue weighted by molar-refractivity contribution is 7.21. The Morgan fingerprint density at radius 2 is 1.86 bits per heavy atom. The number of aromatic nitrogens is 4. The number of hydrogen-bond donors (Lipinski definition) is 2. The number of nitrogens with one attached hydrogen (secondary N) is 1. The van der Waals surface area contributed by atoms with Crippen molar-refractivity contribution in [1.82, 2.24) is 25.5 Å². The molecular formula is C17H17Cl2N7OS. The maximum absolute atomic E-state index is 12.7. The van der Waals surface area contributed by atoms with Crippen LogP contribution in [0.3, 0.4) is 0 Å². The predicted octanol–water partition coefficient (Wildman–Crippen LogP) is 2.91. The fraction of sp³-hybridized carbons (Fsp3) is 0.353. The molecule has 28 heavy (non-hydrogen) atoms. The number of hydrogen-bond acceptors (Lipinski definition) is 8. The third-order valence-electron chi connectivity index (χ3n) is 4.73. The minimum Gasteiger partial charge on any atom is -0.397 e. The average Bonchev–Trinajstić information content (AvgIpc) is 2.95. The predicted molar refractivity (Wildman–Crippen MR) is 112 cm³/mol. The number of anilines is 2. The van der Waals surface area contributed by atoms with Crippen molar-refractivity contribution in [2.45, 2.75) is 26.8 Å². The summed E-state index contributed by atoms with van der Waals surface area (Å²) < 4.78 is 0. The molecule has 1 fully saturated rings. The number of amides is 1. The average molecular weight is 438 g/mol. The van der Waals surface area contributed by atoms with Gasteiger partial charge in [0.25, 0.3) is 5.91 Å². The number of nitrogen functional groups attached to an aromatic ring is 1. The molecule has 0 atom stereocenters. The number of fused-ring (bicyclic) bond motifs is 1. The fourth-order valence-corrected chi connectivity index (χ4v) is 4.53. The molecule has 11 heteroatoms. The minimum absolute atomic E-state index is 0.0127. The molecule has 4 rings (SSSR count). The second-order valence-electron chi connectivity index (χ2n) is 6.73. The first-order valence-electron chi connectivity index (χ1n) is 8.53. The molecule has 3 aromatic heterocycles. The summed E-state index contributed by atoms with van der Waals surface area (Å²) in [6.07, 6.45) is 0. The molecule has 3 N–H and O–H groups in total. The summed E-state index contributed by atoms with van der Waals surface area (Å²) in [5, 5.41) is 12.4. The lowest BCUT2D eigenvalue weighted by atomic mass is 10.1. The lowest BCUT2D eigenvalue weighted by Gasteiger charge is -2.41. The fourth-order valence-electron chi connectivity index (χ4n) is 3.18. The van der Waals surface area contributed by atoms with Crippen molar-refractivity contribution >= 4 is 62.2 Å². The number of carbonyl (C=O) groups is 1. The van der Waals surface area contributed by atoms with Gasteiger partial charge in [0.2, 0.25) is 0 Å². The monoisotopic (exact) mass is 437 g/mol. The Kier molecular flexibility index (Phi) is 4.76. The summed E-state index contributed by atoms with van der Waals surface area (Å²) in [5.74, 6) is 1.19. The number of aryl methyl sites for hydroxylation is 2. The van der Waals surface area contributed by atoms with E-state index in [9.17, 15) is 4.79 Å². The van der Waals surface area contributed by atoms with E-state index in [0.717, 1.165) is 16.9 Å². The highest BCUT2D eigenvalue weighted by Crippen LogP contribution is 2.36. The third kappa shape index (κ3) is 3.13. The van der Waals surface area contributed by atoms with Gasteiger partial charge in [-0.3, -0.25) is 4.79 Å². The highest BCUT2D eigenvalue weighted by Gasteiger charge is 2.32. The van der Waals surface area contributed by atoms with Crippen LogP contribution in [0.15, 0.2) is 0 Å². The first kappa shape index (κ1) is 19.1. The molecule has 0 unspecified atom stereocenters. The second kappa shape index (κ2) is 6.98. The smallest absolute Gasteiger partial charge is 0.263 e. The zero-order valence-corrected chi connectivity index (χ0v) is 17.7. The molecule has 8 nitrogen and oxygen atoms in total. The van der Waals surface area contributed by atoms with Crippen molar-refractivity contribution in [3.63, 3.8) is 0 Å². The van der Waals surface area contributed by atoms with Crippen LogP contribution < -0.4 is 16.0 Å². The van der Waals surface area contributed by atoms with Gasteiger partial charge in [0.05, 0.1) is 11.7 Å².